The lowest BCUT2D eigenvalue weighted by Crippen LogP contribution is -2.27. The summed E-state index contributed by atoms with van der Waals surface area (Å²) in [6.07, 6.45) is 1.73. The molecular formula is C17H19NO5. The van der Waals surface area contributed by atoms with Crippen LogP contribution < -0.4 is 10.1 Å². The summed E-state index contributed by atoms with van der Waals surface area (Å²) >= 11 is 0. The largest absolute Gasteiger partial charge is 0.494 e. The van der Waals surface area contributed by atoms with Gasteiger partial charge in [0.1, 0.15) is 17.9 Å². The molecule has 0 unspecified atom stereocenters. The lowest BCUT2D eigenvalue weighted by molar-refractivity contribution is -0.136. The zero-order valence-electron chi connectivity index (χ0n) is 12.9. The Labute approximate surface area is 134 Å². The molecule has 6 heteroatoms. The second kappa shape index (κ2) is 8.03. The van der Waals surface area contributed by atoms with Crippen LogP contribution in [0.3, 0.4) is 0 Å². The molecule has 0 bridgehead atoms. The van der Waals surface area contributed by atoms with Gasteiger partial charge in [-0.3, -0.25) is 9.59 Å². The Balaban J connectivity index is 1.79. The summed E-state index contributed by atoms with van der Waals surface area (Å²) in [7, 11) is 0. The predicted molar refractivity (Wildman–Crippen MR) is 83.7 cm³/mol. The van der Waals surface area contributed by atoms with Gasteiger partial charge in [0.25, 0.3) is 5.91 Å². The van der Waals surface area contributed by atoms with Crippen LogP contribution in [0.1, 0.15) is 28.1 Å². The Bertz CT molecular complexity index is 663. The molecule has 0 spiro atoms. The summed E-state index contributed by atoms with van der Waals surface area (Å²) in [5.74, 6) is -0.404. The van der Waals surface area contributed by atoms with E-state index < -0.39 is 5.97 Å². The lowest BCUT2D eigenvalue weighted by atomic mass is 10.1. The fourth-order valence-electron chi connectivity index (χ4n) is 2.14. The minimum atomic E-state index is -1.04. The molecule has 1 aromatic carbocycles. The maximum absolute atomic E-state index is 12.2. The monoisotopic (exact) mass is 317 g/mol. The fourth-order valence-corrected chi connectivity index (χ4v) is 2.14. The van der Waals surface area contributed by atoms with E-state index in [0.29, 0.717) is 30.7 Å². The average molecular weight is 317 g/mol. The number of amides is 1. The van der Waals surface area contributed by atoms with Crippen LogP contribution >= 0.6 is 0 Å². The molecule has 0 aliphatic rings. The molecule has 0 aliphatic carbocycles. The molecule has 0 saturated heterocycles. The first-order valence-electron chi connectivity index (χ1n) is 7.32. The summed E-state index contributed by atoms with van der Waals surface area (Å²) < 4.78 is 10.7. The SMILES string of the molecule is Cc1coc(CC(=O)O)c1C(=O)NCCCOc1ccccc1. The average Bonchev–Trinajstić information content (AvgIpc) is 2.87. The van der Waals surface area contributed by atoms with Crippen molar-refractivity contribution >= 4 is 11.9 Å². The van der Waals surface area contributed by atoms with Crippen molar-refractivity contribution in [1.29, 1.82) is 0 Å². The number of hydrogen-bond donors (Lipinski definition) is 2. The Kier molecular flexibility index (Phi) is 5.80. The molecule has 1 amide bonds. The molecule has 0 aliphatic heterocycles. The second-order valence-electron chi connectivity index (χ2n) is 5.06. The van der Waals surface area contributed by atoms with Gasteiger partial charge in [-0.05, 0) is 25.5 Å². The van der Waals surface area contributed by atoms with Gasteiger partial charge in [0.15, 0.2) is 0 Å². The quantitative estimate of drug-likeness (QED) is 0.730. The number of para-hydroxylation sites is 1. The van der Waals surface area contributed by atoms with Gasteiger partial charge in [-0.1, -0.05) is 18.2 Å². The van der Waals surface area contributed by atoms with Crippen LogP contribution in [0, 0.1) is 6.92 Å². The number of carboxylic acids is 1. The van der Waals surface area contributed by atoms with Crippen molar-refractivity contribution in [3.8, 4) is 5.75 Å². The summed E-state index contributed by atoms with van der Waals surface area (Å²) in [6.45, 7) is 2.63. The van der Waals surface area contributed by atoms with E-state index in [-0.39, 0.29) is 18.1 Å². The maximum atomic E-state index is 12.2. The number of nitrogens with one attached hydrogen (secondary N) is 1. The van der Waals surface area contributed by atoms with E-state index in [1.165, 1.54) is 6.26 Å². The van der Waals surface area contributed by atoms with Gasteiger partial charge >= 0.3 is 5.97 Å². The van der Waals surface area contributed by atoms with E-state index in [0.717, 1.165) is 5.75 Å². The number of carboxylic acid groups (broad SMARTS) is 1. The number of hydrogen-bond acceptors (Lipinski definition) is 4. The summed E-state index contributed by atoms with van der Waals surface area (Å²) in [5, 5.41) is 11.6. The third-order valence-corrected chi connectivity index (χ3v) is 3.21. The second-order valence-corrected chi connectivity index (χ2v) is 5.06. The van der Waals surface area contributed by atoms with E-state index in [1.54, 1.807) is 6.92 Å². The number of carbonyl (C=O) groups excluding carboxylic acids is 1. The third kappa shape index (κ3) is 4.88. The van der Waals surface area contributed by atoms with Crippen LogP contribution in [-0.4, -0.2) is 30.1 Å². The van der Waals surface area contributed by atoms with Gasteiger partial charge in [0.2, 0.25) is 0 Å². The van der Waals surface area contributed by atoms with Crippen LogP contribution in [0.15, 0.2) is 41.0 Å². The van der Waals surface area contributed by atoms with E-state index in [1.807, 2.05) is 30.3 Å². The van der Waals surface area contributed by atoms with Crippen LogP contribution in [-0.2, 0) is 11.2 Å². The van der Waals surface area contributed by atoms with Crippen LogP contribution in [0.2, 0.25) is 0 Å². The summed E-state index contributed by atoms with van der Waals surface area (Å²) in [5.41, 5.74) is 0.927. The molecule has 0 fully saturated rings. The molecule has 2 N–H and O–H groups in total. The van der Waals surface area contributed by atoms with Crippen molar-refractivity contribution in [1.82, 2.24) is 5.32 Å². The normalized spacial score (nSPS) is 10.3. The maximum Gasteiger partial charge on any atom is 0.311 e. The highest BCUT2D eigenvalue weighted by molar-refractivity contribution is 5.97. The summed E-state index contributed by atoms with van der Waals surface area (Å²) in [6, 6.07) is 9.43. The molecule has 2 rings (SSSR count). The molecule has 0 atom stereocenters. The highest BCUT2D eigenvalue weighted by Crippen LogP contribution is 2.17. The molecule has 122 valence electrons. The Morgan fingerprint density at radius 1 is 1.26 bits per heavy atom. The standard InChI is InChI=1S/C17H19NO5/c1-12-11-23-14(10-15(19)20)16(12)17(21)18-8-5-9-22-13-6-3-2-4-7-13/h2-4,6-7,11H,5,8-10H2,1H3,(H,18,21)(H,19,20). The van der Waals surface area contributed by atoms with Gasteiger partial charge in [-0.15, -0.1) is 0 Å². The van der Waals surface area contributed by atoms with Gasteiger partial charge in [-0.25, -0.2) is 0 Å². The highest BCUT2D eigenvalue weighted by Gasteiger charge is 2.20. The molecule has 0 radical (unpaired) electrons. The fraction of sp³-hybridized carbons (Fsp3) is 0.294. The van der Waals surface area contributed by atoms with Crippen molar-refractivity contribution < 1.29 is 23.8 Å². The third-order valence-electron chi connectivity index (χ3n) is 3.21. The van der Waals surface area contributed by atoms with E-state index >= 15 is 0 Å². The number of aryl methyl sites for hydroxylation is 1. The number of aliphatic carboxylic acids is 1. The van der Waals surface area contributed by atoms with E-state index in [2.05, 4.69) is 5.32 Å². The first-order valence-corrected chi connectivity index (χ1v) is 7.32. The molecule has 0 saturated carbocycles. The van der Waals surface area contributed by atoms with E-state index in [9.17, 15) is 9.59 Å². The molecular weight excluding hydrogens is 298 g/mol. The van der Waals surface area contributed by atoms with Crippen LogP contribution in [0.5, 0.6) is 5.75 Å². The van der Waals surface area contributed by atoms with Gasteiger partial charge < -0.3 is 19.6 Å². The Hall–Kier alpha value is -2.76. The Morgan fingerprint density at radius 3 is 2.70 bits per heavy atom. The molecule has 23 heavy (non-hydrogen) atoms. The number of ether oxygens (including phenoxy) is 1. The molecule has 1 aromatic heterocycles. The minimum absolute atomic E-state index is 0.174. The van der Waals surface area contributed by atoms with Gasteiger partial charge in [0, 0.05) is 12.1 Å². The smallest absolute Gasteiger partial charge is 0.311 e. The molecule has 6 nitrogen and oxygen atoms in total. The van der Waals surface area contributed by atoms with Gasteiger partial charge in [-0.2, -0.15) is 0 Å². The highest BCUT2D eigenvalue weighted by atomic mass is 16.5. The Morgan fingerprint density at radius 2 is 2.00 bits per heavy atom. The molecule has 2 aromatic rings. The number of benzene rings is 1. The van der Waals surface area contributed by atoms with Crippen LogP contribution in [0.25, 0.3) is 0 Å². The summed E-state index contributed by atoms with van der Waals surface area (Å²) in [4.78, 5) is 22.9. The zero-order chi connectivity index (χ0) is 16.7. The van der Waals surface area contributed by atoms with Crippen molar-refractivity contribution in [2.24, 2.45) is 0 Å². The number of furan rings is 1. The van der Waals surface area contributed by atoms with Crippen molar-refractivity contribution in [3.63, 3.8) is 0 Å². The number of carbonyl (C=O) groups is 2. The van der Waals surface area contributed by atoms with Crippen molar-refractivity contribution in [2.45, 2.75) is 19.8 Å². The topological polar surface area (TPSA) is 88.8 Å². The van der Waals surface area contributed by atoms with Crippen molar-refractivity contribution in [3.05, 3.63) is 53.5 Å². The first-order chi connectivity index (χ1) is 11.1. The molecule has 1 heterocycles. The van der Waals surface area contributed by atoms with E-state index in [4.69, 9.17) is 14.3 Å². The van der Waals surface area contributed by atoms with Crippen LogP contribution in [0.4, 0.5) is 0 Å². The zero-order valence-corrected chi connectivity index (χ0v) is 12.9. The minimum Gasteiger partial charge on any atom is -0.494 e. The van der Waals surface area contributed by atoms with Crippen molar-refractivity contribution in [2.75, 3.05) is 13.2 Å². The lowest BCUT2D eigenvalue weighted by Gasteiger charge is -2.08. The first kappa shape index (κ1) is 16.6. The predicted octanol–water partition coefficient (Wildman–Crippen LogP) is 2.41. The number of rotatable bonds is 8. The van der Waals surface area contributed by atoms with Gasteiger partial charge in [0.05, 0.1) is 18.4 Å².